The van der Waals surface area contributed by atoms with Crippen LogP contribution in [0.4, 0.5) is 10.5 Å². The van der Waals surface area contributed by atoms with Gasteiger partial charge in [0.15, 0.2) is 0 Å². The van der Waals surface area contributed by atoms with Crippen LogP contribution in [0.1, 0.15) is 44.3 Å². The summed E-state index contributed by atoms with van der Waals surface area (Å²) in [6, 6.07) is -0.170. The molecule has 0 aromatic carbocycles. The van der Waals surface area contributed by atoms with Crippen molar-refractivity contribution in [3.63, 3.8) is 0 Å². The minimum absolute atomic E-state index is 0.170. The molecule has 0 bridgehead atoms. The van der Waals surface area contributed by atoms with Gasteiger partial charge in [-0.05, 0) is 25.7 Å². The summed E-state index contributed by atoms with van der Waals surface area (Å²) >= 11 is 0. The molecule has 2 amide bonds. The Labute approximate surface area is 114 Å². The van der Waals surface area contributed by atoms with E-state index in [1.807, 2.05) is 6.92 Å². The number of hydrogen-bond donors (Lipinski definition) is 2. The smallest absolute Gasteiger partial charge is 0.319 e. The highest BCUT2D eigenvalue weighted by atomic mass is 16.2. The zero-order valence-electron chi connectivity index (χ0n) is 11.5. The first-order valence-corrected chi connectivity index (χ1v) is 7.07. The van der Waals surface area contributed by atoms with Gasteiger partial charge in [-0.3, -0.25) is 0 Å². The SMILES string of the molecule is Cc1ncc(NC(=O)NCC2CCCCCC2)cn1. The molecule has 2 N–H and O–H groups in total. The lowest BCUT2D eigenvalue weighted by Crippen LogP contribution is -2.33. The van der Waals surface area contributed by atoms with Crippen molar-refractivity contribution in [3.05, 3.63) is 18.2 Å². The van der Waals surface area contributed by atoms with E-state index in [-0.39, 0.29) is 6.03 Å². The average Bonchev–Trinajstić information content (AvgIpc) is 2.68. The number of nitrogens with zero attached hydrogens (tertiary/aromatic N) is 2. The molecule has 19 heavy (non-hydrogen) atoms. The Morgan fingerprint density at radius 2 is 1.84 bits per heavy atom. The Morgan fingerprint density at radius 3 is 2.47 bits per heavy atom. The summed E-state index contributed by atoms with van der Waals surface area (Å²) < 4.78 is 0. The maximum atomic E-state index is 11.7. The molecule has 104 valence electrons. The number of anilines is 1. The summed E-state index contributed by atoms with van der Waals surface area (Å²) in [6.07, 6.45) is 11.0. The Morgan fingerprint density at radius 1 is 1.21 bits per heavy atom. The van der Waals surface area contributed by atoms with Crippen LogP contribution in [-0.2, 0) is 0 Å². The molecule has 1 heterocycles. The van der Waals surface area contributed by atoms with Crippen LogP contribution < -0.4 is 10.6 Å². The number of aromatic nitrogens is 2. The number of amides is 2. The van der Waals surface area contributed by atoms with E-state index in [1.165, 1.54) is 38.5 Å². The molecule has 0 atom stereocenters. The van der Waals surface area contributed by atoms with Crippen LogP contribution in [0.2, 0.25) is 0 Å². The highest BCUT2D eigenvalue weighted by molar-refractivity contribution is 5.88. The Hall–Kier alpha value is -1.65. The topological polar surface area (TPSA) is 66.9 Å². The minimum Gasteiger partial charge on any atom is -0.338 e. The van der Waals surface area contributed by atoms with Crippen molar-refractivity contribution in [1.82, 2.24) is 15.3 Å². The van der Waals surface area contributed by atoms with Gasteiger partial charge in [-0.1, -0.05) is 25.7 Å². The van der Waals surface area contributed by atoms with E-state index >= 15 is 0 Å². The van der Waals surface area contributed by atoms with Gasteiger partial charge < -0.3 is 10.6 Å². The molecule has 2 rings (SSSR count). The Balaban J connectivity index is 1.73. The van der Waals surface area contributed by atoms with Gasteiger partial charge >= 0.3 is 6.03 Å². The van der Waals surface area contributed by atoms with E-state index in [4.69, 9.17) is 0 Å². The van der Waals surface area contributed by atoms with E-state index < -0.39 is 0 Å². The van der Waals surface area contributed by atoms with Crippen molar-refractivity contribution >= 4 is 11.7 Å². The van der Waals surface area contributed by atoms with Crippen LogP contribution in [0.5, 0.6) is 0 Å². The van der Waals surface area contributed by atoms with E-state index in [1.54, 1.807) is 12.4 Å². The zero-order chi connectivity index (χ0) is 13.5. The number of carbonyl (C=O) groups excluding carboxylic acids is 1. The Kier molecular flexibility index (Phi) is 5.12. The summed E-state index contributed by atoms with van der Waals surface area (Å²) in [5.41, 5.74) is 0.629. The van der Waals surface area contributed by atoms with Crippen molar-refractivity contribution in [1.29, 1.82) is 0 Å². The quantitative estimate of drug-likeness (QED) is 0.823. The van der Waals surface area contributed by atoms with Crippen LogP contribution >= 0.6 is 0 Å². The number of rotatable bonds is 3. The normalized spacial score (nSPS) is 16.7. The molecule has 5 heteroatoms. The van der Waals surface area contributed by atoms with Crippen LogP contribution in [0, 0.1) is 12.8 Å². The van der Waals surface area contributed by atoms with Gasteiger partial charge in [-0.2, -0.15) is 0 Å². The van der Waals surface area contributed by atoms with E-state index in [0.29, 0.717) is 17.4 Å². The fourth-order valence-corrected chi connectivity index (χ4v) is 2.44. The van der Waals surface area contributed by atoms with Gasteiger partial charge in [-0.15, -0.1) is 0 Å². The third kappa shape index (κ3) is 4.85. The third-order valence-electron chi connectivity index (χ3n) is 3.56. The second kappa shape index (κ2) is 7.07. The first-order chi connectivity index (χ1) is 9.24. The molecule has 0 radical (unpaired) electrons. The largest absolute Gasteiger partial charge is 0.338 e. The van der Waals surface area contributed by atoms with E-state index in [0.717, 1.165) is 6.54 Å². The van der Waals surface area contributed by atoms with Crippen molar-refractivity contribution in [2.75, 3.05) is 11.9 Å². The molecule has 0 aliphatic heterocycles. The van der Waals surface area contributed by atoms with Crippen molar-refractivity contribution in [3.8, 4) is 0 Å². The van der Waals surface area contributed by atoms with Gasteiger partial charge in [0.05, 0.1) is 18.1 Å². The molecule has 0 spiro atoms. The molecule has 1 saturated carbocycles. The average molecular weight is 262 g/mol. The van der Waals surface area contributed by atoms with Gasteiger partial charge in [0, 0.05) is 6.54 Å². The summed E-state index contributed by atoms with van der Waals surface area (Å²) in [7, 11) is 0. The lowest BCUT2D eigenvalue weighted by Gasteiger charge is -2.15. The number of nitrogens with one attached hydrogen (secondary N) is 2. The molecule has 1 aromatic heterocycles. The number of carbonyl (C=O) groups is 1. The van der Waals surface area contributed by atoms with Crippen molar-refractivity contribution in [2.24, 2.45) is 5.92 Å². The maximum Gasteiger partial charge on any atom is 0.319 e. The van der Waals surface area contributed by atoms with Gasteiger partial charge in [0.1, 0.15) is 5.82 Å². The predicted octanol–water partition coefficient (Wildman–Crippen LogP) is 2.88. The number of aryl methyl sites for hydroxylation is 1. The number of urea groups is 1. The second-order valence-corrected chi connectivity index (χ2v) is 5.21. The monoisotopic (exact) mass is 262 g/mol. The highest BCUT2D eigenvalue weighted by Crippen LogP contribution is 2.22. The second-order valence-electron chi connectivity index (χ2n) is 5.21. The molecule has 1 aliphatic carbocycles. The maximum absolute atomic E-state index is 11.7. The van der Waals surface area contributed by atoms with E-state index in [2.05, 4.69) is 20.6 Å². The van der Waals surface area contributed by atoms with Crippen molar-refractivity contribution in [2.45, 2.75) is 45.4 Å². The third-order valence-corrected chi connectivity index (χ3v) is 3.56. The number of hydrogen-bond acceptors (Lipinski definition) is 3. The molecule has 0 saturated heterocycles. The minimum atomic E-state index is -0.170. The first-order valence-electron chi connectivity index (χ1n) is 7.07. The lowest BCUT2D eigenvalue weighted by atomic mass is 10.0. The van der Waals surface area contributed by atoms with Gasteiger partial charge in [0.2, 0.25) is 0 Å². The van der Waals surface area contributed by atoms with Crippen LogP contribution in [0.15, 0.2) is 12.4 Å². The molecule has 0 unspecified atom stereocenters. The standard InChI is InChI=1S/C14H22N4O/c1-11-15-9-13(10-16-11)18-14(19)17-8-12-6-4-2-3-5-7-12/h9-10,12H,2-8H2,1H3,(H2,17,18,19). The van der Waals surface area contributed by atoms with Crippen LogP contribution in [0.3, 0.4) is 0 Å². The molecule has 1 fully saturated rings. The highest BCUT2D eigenvalue weighted by Gasteiger charge is 2.13. The Bertz CT molecular complexity index is 396. The molecule has 5 nitrogen and oxygen atoms in total. The summed E-state index contributed by atoms with van der Waals surface area (Å²) in [5.74, 6) is 1.33. The van der Waals surface area contributed by atoms with E-state index in [9.17, 15) is 4.79 Å². The van der Waals surface area contributed by atoms with Crippen molar-refractivity contribution < 1.29 is 4.79 Å². The summed E-state index contributed by atoms with van der Waals surface area (Å²) in [4.78, 5) is 19.8. The molecular formula is C14H22N4O. The fourth-order valence-electron chi connectivity index (χ4n) is 2.44. The fraction of sp³-hybridized carbons (Fsp3) is 0.643. The zero-order valence-corrected chi connectivity index (χ0v) is 11.5. The first kappa shape index (κ1) is 13.8. The van der Waals surface area contributed by atoms with Crippen LogP contribution in [0.25, 0.3) is 0 Å². The van der Waals surface area contributed by atoms with Gasteiger partial charge in [-0.25, -0.2) is 14.8 Å². The predicted molar refractivity (Wildman–Crippen MR) is 75.0 cm³/mol. The van der Waals surface area contributed by atoms with Crippen LogP contribution in [-0.4, -0.2) is 22.5 Å². The molecule has 1 aromatic rings. The summed E-state index contributed by atoms with van der Waals surface area (Å²) in [6.45, 7) is 2.58. The summed E-state index contributed by atoms with van der Waals surface area (Å²) in [5, 5.41) is 5.69. The molecule has 1 aliphatic rings. The molecular weight excluding hydrogens is 240 g/mol. The van der Waals surface area contributed by atoms with Gasteiger partial charge in [0.25, 0.3) is 0 Å². The lowest BCUT2D eigenvalue weighted by molar-refractivity contribution is 0.249.